The number of Topliss-reactive ketones (excluding diaryl/α,β-unsaturated/α-hetero) is 1. The highest BCUT2D eigenvalue weighted by atomic mass is 35.5. The van der Waals surface area contributed by atoms with Crippen molar-refractivity contribution in [3.05, 3.63) is 33.8 Å². The van der Waals surface area contributed by atoms with E-state index in [1.807, 2.05) is 6.92 Å². The van der Waals surface area contributed by atoms with Crippen LogP contribution in [0.5, 0.6) is 0 Å². The Hall–Kier alpha value is -0.180. The highest BCUT2D eigenvalue weighted by Gasteiger charge is 2.09. The second-order valence-electron chi connectivity index (χ2n) is 2.68. The van der Waals surface area contributed by atoms with Gasteiger partial charge >= 0.3 is 0 Å². The van der Waals surface area contributed by atoms with E-state index in [4.69, 9.17) is 23.2 Å². The molecule has 76 valence electrons. The van der Waals surface area contributed by atoms with Crippen LogP contribution >= 0.6 is 35.0 Å². The van der Waals surface area contributed by atoms with Crippen molar-refractivity contribution in [2.24, 2.45) is 0 Å². The summed E-state index contributed by atoms with van der Waals surface area (Å²) in [5, 5.41) is 0.980. The first-order chi connectivity index (χ1) is 6.65. The molecule has 1 rings (SSSR count). The smallest absolute Gasteiger partial charge is 0.174 e. The van der Waals surface area contributed by atoms with E-state index in [0.717, 1.165) is 5.75 Å². The minimum Gasteiger partial charge on any atom is -0.293 e. The molecule has 0 aliphatic rings. The van der Waals surface area contributed by atoms with Crippen LogP contribution in [0.1, 0.15) is 17.3 Å². The molecule has 0 N–H and O–H groups in total. The lowest BCUT2D eigenvalue weighted by Crippen LogP contribution is -2.03. The van der Waals surface area contributed by atoms with E-state index in [-0.39, 0.29) is 5.78 Å². The molecule has 0 spiro atoms. The van der Waals surface area contributed by atoms with Crippen molar-refractivity contribution in [1.82, 2.24) is 0 Å². The molecule has 0 saturated heterocycles. The van der Waals surface area contributed by atoms with Crippen LogP contribution in [0, 0.1) is 0 Å². The first kappa shape index (κ1) is 11.9. The predicted octanol–water partition coefficient (Wildman–Crippen LogP) is 3.93. The second-order valence-corrected chi connectivity index (χ2v) is 4.80. The van der Waals surface area contributed by atoms with E-state index in [0.29, 0.717) is 21.4 Å². The van der Waals surface area contributed by atoms with E-state index < -0.39 is 0 Å². The molecule has 1 aromatic carbocycles. The van der Waals surface area contributed by atoms with Gasteiger partial charge in [0.1, 0.15) is 0 Å². The van der Waals surface area contributed by atoms with Crippen molar-refractivity contribution in [2.75, 3.05) is 11.5 Å². The maximum atomic E-state index is 11.6. The lowest BCUT2D eigenvalue weighted by Gasteiger charge is -2.02. The first-order valence-corrected chi connectivity index (χ1v) is 6.12. The minimum atomic E-state index is 0.0542. The van der Waals surface area contributed by atoms with E-state index in [2.05, 4.69) is 0 Å². The number of carbonyl (C=O) groups excluding carboxylic acids is 1. The van der Waals surface area contributed by atoms with Crippen LogP contribution in [-0.2, 0) is 0 Å². The fraction of sp³-hybridized carbons (Fsp3) is 0.300. The Bertz CT molecular complexity index is 339. The number of hydrogen-bond acceptors (Lipinski definition) is 2. The lowest BCUT2D eigenvalue weighted by atomic mass is 10.1. The highest BCUT2D eigenvalue weighted by molar-refractivity contribution is 7.99. The van der Waals surface area contributed by atoms with E-state index in [1.54, 1.807) is 30.0 Å². The van der Waals surface area contributed by atoms with Crippen molar-refractivity contribution in [1.29, 1.82) is 0 Å². The van der Waals surface area contributed by atoms with Crippen molar-refractivity contribution >= 4 is 40.7 Å². The summed E-state index contributed by atoms with van der Waals surface area (Å²) in [6.07, 6.45) is 0. The van der Waals surface area contributed by atoms with Crippen LogP contribution in [0.2, 0.25) is 10.0 Å². The van der Waals surface area contributed by atoms with Crippen LogP contribution in [0.3, 0.4) is 0 Å². The van der Waals surface area contributed by atoms with E-state index in [9.17, 15) is 4.79 Å². The maximum absolute atomic E-state index is 11.6. The van der Waals surface area contributed by atoms with Crippen LogP contribution in [0.4, 0.5) is 0 Å². The van der Waals surface area contributed by atoms with E-state index in [1.165, 1.54) is 0 Å². The number of carbonyl (C=O) groups is 1. The van der Waals surface area contributed by atoms with Gasteiger partial charge in [-0.3, -0.25) is 4.79 Å². The Kier molecular flexibility index (Phi) is 4.79. The molecule has 0 atom stereocenters. The summed E-state index contributed by atoms with van der Waals surface area (Å²) < 4.78 is 0. The summed E-state index contributed by atoms with van der Waals surface area (Å²) in [5.74, 6) is 1.45. The molecule has 1 aromatic rings. The maximum Gasteiger partial charge on any atom is 0.174 e. The third-order valence-electron chi connectivity index (χ3n) is 1.67. The van der Waals surface area contributed by atoms with Crippen LogP contribution in [0.15, 0.2) is 18.2 Å². The number of thioether (sulfide) groups is 1. The van der Waals surface area contributed by atoms with Crippen LogP contribution in [0.25, 0.3) is 0 Å². The molecular formula is C10H10Cl2OS. The molecular weight excluding hydrogens is 239 g/mol. The Morgan fingerprint density at radius 1 is 1.43 bits per heavy atom. The molecule has 0 radical (unpaired) electrons. The van der Waals surface area contributed by atoms with Gasteiger partial charge < -0.3 is 0 Å². The summed E-state index contributed by atoms with van der Waals surface area (Å²) in [4.78, 5) is 11.6. The van der Waals surface area contributed by atoms with Gasteiger partial charge in [0.05, 0.1) is 10.8 Å². The molecule has 0 amide bonds. The number of hydrogen-bond donors (Lipinski definition) is 0. The molecule has 0 heterocycles. The van der Waals surface area contributed by atoms with Crippen molar-refractivity contribution in [3.63, 3.8) is 0 Å². The Morgan fingerprint density at radius 3 is 2.71 bits per heavy atom. The predicted molar refractivity (Wildman–Crippen MR) is 63.8 cm³/mol. The van der Waals surface area contributed by atoms with Gasteiger partial charge in [-0.15, -0.1) is 0 Å². The van der Waals surface area contributed by atoms with Crippen molar-refractivity contribution < 1.29 is 4.79 Å². The van der Waals surface area contributed by atoms with Gasteiger partial charge in [-0.2, -0.15) is 11.8 Å². The molecule has 0 saturated carbocycles. The van der Waals surface area contributed by atoms with Crippen LogP contribution in [-0.4, -0.2) is 17.3 Å². The number of halogens is 2. The van der Waals surface area contributed by atoms with Crippen LogP contribution < -0.4 is 0 Å². The SMILES string of the molecule is CCSCC(=O)c1ccc(Cl)cc1Cl. The monoisotopic (exact) mass is 248 g/mol. The summed E-state index contributed by atoms with van der Waals surface area (Å²) in [7, 11) is 0. The van der Waals surface area contributed by atoms with Crippen molar-refractivity contribution in [2.45, 2.75) is 6.92 Å². The molecule has 0 fully saturated rings. The van der Waals surface area contributed by atoms with Gasteiger partial charge in [0.15, 0.2) is 5.78 Å². The average molecular weight is 249 g/mol. The quantitative estimate of drug-likeness (QED) is 0.752. The third-order valence-corrected chi connectivity index (χ3v) is 3.09. The lowest BCUT2D eigenvalue weighted by molar-refractivity contribution is 0.102. The zero-order chi connectivity index (χ0) is 10.6. The minimum absolute atomic E-state index is 0.0542. The Morgan fingerprint density at radius 2 is 2.14 bits per heavy atom. The Balaban J connectivity index is 2.80. The van der Waals surface area contributed by atoms with Gasteiger partial charge in [-0.05, 0) is 24.0 Å². The normalized spacial score (nSPS) is 10.2. The molecule has 14 heavy (non-hydrogen) atoms. The Labute approximate surface area is 97.8 Å². The fourth-order valence-corrected chi connectivity index (χ4v) is 2.05. The number of ketones is 1. The summed E-state index contributed by atoms with van der Waals surface area (Å²) >= 11 is 13.2. The molecule has 0 aromatic heterocycles. The van der Waals surface area contributed by atoms with Gasteiger partial charge in [-0.25, -0.2) is 0 Å². The molecule has 0 unspecified atom stereocenters. The summed E-state index contributed by atoms with van der Waals surface area (Å²) in [6.45, 7) is 2.02. The van der Waals surface area contributed by atoms with Gasteiger partial charge in [0.2, 0.25) is 0 Å². The van der Waals surface area contributed by atoms with Gasteiger partial charge in [0.25, 0.3) is 0 Å². The highest BCUT2D eigenvalue weighted by Crippen LogP contribution is 2.22. The first-order valence-electron chi connectivity index (χ1n) is 4.21. The molecule has 0 bridgehead atoms. The van der Waals surface area contributed by atoms with Gasteiger partial charge in [0, 0.05) is 10.6 Å². The van der Waals surface area contributed by atoms with Gasteiger partial charge in [-0.1, -0.05) is 30.1 Å². The second kappa shape index (κ2) is 5.64. The largest absolute Gasteiger partial charge is 0.293 e. The average Bonchev–Trinajstić information content (AvgIpc) is 2.14. The number of rotatable bonds is 4. The standard InChI is InChI=1S/C10H10Cl2OS/c1-2-14-6-10(13)8-4-3-7(11)5-9(8)12/h3-5H,2,6H2,1H3. The van der Waals surface area contributed by atoms with E-state index >= 15 is 0 Å². The number of benzene rings is 1. The molecule has 0 aliphatic carbocycles. The zero-order valence-corrected chi connectivity index (χ0v) is 10.0. The summed E-state index contributed by atoms with van der Waals surface area (Å²) in [5.41, 5.74) is 0.553. The fourth-order valence-electron chi connectivity index (χ4n) is 0.988. The summed E-state index contributed by atoms with van der Waals surface area (Å²) in [6, 6.07) is 4.94. The van der Waals surface area contributed by atoms with Crippen molar-refractivity contribution in [3.8, 4) is 0 Å². The third kappa shape index (κ3) is 3.19. The molecule has 1 nitrogen and oxygen atoms in total. The molecule has 4 heteroatoms. The molecule has 0 aliphatic heterocycles. The zero-order valence-electron chi connectivity index (χ0n) is 7.72. The topological polar surface area (TPSA) is 17.1 Å².